The van der Waals surface area contributed by atoms with Gasteiger partial charge in [-0.1, -0.05) is 0 Å². The number of nitrogens with zero attached hydrogens (tertiary/aromatic N) is 1. The second-order valence-corrected chi connectivity index (χ2v) is 5.57. The third kappa shape index (κ3) is 4.96. The third-order valence-electron chi connectivity index (χ3n) is 1.81. The highest BCUT2D eigenvalue weighted by Gasteiger charge is 2.22. The number of Topliss-reactive ketones (excluding diaryl/α,β-unsaturated/α-hetero) is 1. The van der Waals surface area contributed by atoms with Gasteiger partial charge in [-0.3, -0.25) is 10.1 Å². The minimum atomic E-state index is -0.971. The van der Waals surface area contributed by atoms with E-state index in [9.17, 15) is 14.4 Å². The van der Waals surface area contributed by atoms with Crippen molar-refractivity contribution in [3.05, 3.63) is 11.1 Å². The summed E-state index contributed by atoms with van der Waals surface area (Å²) in [5, 5.41) is 3.93. The molecular formula is C12H16N2O5S. The summed E-state index contributed by atoms with van der Waals surface area (Å²) in [7, 11) is 0. The molecule has 0 radical (unpaired) electrons. The molecule has 0 saturated carbocycles. The van der Waals surface area contributed by atoms with Crippen molar-refractivity contribution in [2.24, 2.45) is 0 Å². The van der Waals surface area contributed by atoms with E-state index in [-0.39, 0.29) is 17.4 Å². The smallest absolute Gasteiger partial charge is 0.413 e. The van der Waals surface area contributed by atoms with E-state index in [0.717, 1.165) is 11.3 Å². The predicted molar refractivity (Wildman–Crippen MR) is 72.9 cm³/mol. The number of aromatic nitrogens is 1. The fourth-order valence-corrected chi connectivity index (χ4v) is 1.80. The van der Waals surface area contributed by atoms with E-state index in [2.05, 4.69) is 15.0 Å². The Labute approximate surface area is 120 Å². The van der Waals surface area contributed by atoms with Crippen LogP contribution in [0.3, 0.4) is 0 Å². The summed E-state index contributed by atoms with van der Waals surface area (Å²) in [5.41, 5.74) is -0.704. The van der Waals surface area contributed by atoms with Crippen molar-refractivity contribution in [2.45, 2.75) is 33.3 Å². The quantitative estimate of drug-likeness (QED) is 0.520. The molecule has 0 aliphatic rings. The number of amides is 1. The van der Waals surface area contributed by atoms with Crippen LogP contribution in [0.15, 0.2) is 5.38 Å². The van der Waals surface area contributed by atoms with Crippen molar-refractivity contribution in [2.75, 3.05) is 11.9 Å². The highest BCUT2D eigenvalue weighted by Crippen LogP contribution is 2.17. The van der Waals surface area contributed by atoms with Crippen LogP contribution in [0.2, 0.25) is 0 Å². The van der Waals surface area contributed by atoms with E-state index in [1.165, 1.54) is 5.38 Å². The van der Waals surface area contributed by atoms with Gasteiger partial charge in [0.2, 0.25) is 0 Å². The summed E-state index contributed by atoms with van der Waals surface area (Å²) in [6, 6.07) is 0. The van der Waals surface area contributed by atoms with E-state index in [4.69, 9.17) is 4.74 Å². The molecule has 0 aliphatic heterocycles. The molecule has 0 fully saturated rings. The minimum Gasteiger partial charge on any atom is -0.460 e. The molecular weight excluding hydrogens is 284 g/mol. The number of ether oxygens (including phenoxy) is 2. The highest BCUT2D eigenvalue weighted by molar-refractivity contribution is 7.14. The first-order valence-electron chi connectivity index (χ1n) is 5.90. The summed E-state index contributed by atoms with van der Waals surface area (Å²) in [5.74, 6) is -1.82. The molecule has 0 unspecified atom stereocenters. The summed E-state index contributed by atoms with van der Waals surface area (Å²) in [6.45, 7) is 6.89. The Morgan fingerprint density at radius 1 is 1.35 bits per heavy atom. The number of nitrogens with one attached hydrogen (secondary N) is 1. The molecule has 7 nitrogen and oxygen atoms in total. The molecule has 0 bridgehead atoms. The molecule has 1 aromatic rings. The predicted octanol–water partition coefficient (Wildman–Crippen LogP) is 2.24. The van der Waals surface area contributed by atoms with Gasteiger partial charge < -0.3 is 9.47 Å². The van der Waals surface area contributed by atoms with Crippen LogP contribution in [-0.4, -0.2) is 35.0 Å². The zero-order valence-electron chi connectivity index (χ0n) is 11.7. The molecule has 1 amide bonds. The Morgan fingerprint density at radius 2 is 2.00 bits per heavy atom. The van der Waals surface area contributed by atoms with Gasteiger partial charge >= 0.3 is 12.1 Å². The van der Waals surface area contributed by atoms with Crippen molar-refractivity contribution in [3.63, 3.8) is 0 Å². The zero-order valence-corrected chi connectivity index (χ0v) is 12.5. The zero-order chi connectivity index (χ0) is 15.3. The number of carbonyl (C=O) groups is 3. The molecule has 1 heterocycles. The van der Waals surface area contributed by atoms with Gasteiger partial charge in [0.15, 0.2) is 5.13 Å². The van der Waals surface area contributed by atoms with Gasteiger partial charge in [-0.15, -0.1) is 11.3 Å². The molecule has 1 N–H and O–H groups in total. The first-order valence-corrected chi connectivity index (χ1v) is 6.78. The Bertz CT molecular complexity index is 518. The molecule has 0 saturated heterocycles. The molecule has 1 aromatic heterocycles. The van der Waals surface area contributed by atoms with Gasteiger partial charge in [0.1, 0.15) is 11.3 Å². The minimum absolute atomic E-state index is 0.0699. The van der Waals surface area contributed by atoms with E-state index >= 15 is 0 Å². The van der Waals surface area contributed by atoms with Gasteiger partial charge in [0.05, 0.1) is 6.61 Å². The van der Waals surface area contributed by atoms with Crippen LogP contribution in [0.25, 0.3) is 0 Å². The number of ketones is 1. The van der Waals surface area contributed by atoms with E-state index in [0.29, 0.717) is 0 Å². The lowest BCUT2D eigenvalue weighted by molar-refractivity contribution is -0.137. The average Bonchev–Trinajstić information content (AvgIpc) is 2.74. The number of carbonyl (C=O) groups excluding carboxylic acids is 3. The van der Waals surface area contributed by atoms with E-state index in [1.807, 2.05) is 0 Å². The fraction of sp³-hybridized carbons (Fsp3) is 0.500. The maximum atomic E-state index is 11.6. The summed E-state index contributed by atoms with van der Waals surface area (Å²) < 4.78 is 9.62. The normalized spacial score (nSPS) is 10.8. The molecule has 8 heteroatoms. The van der Waals surface area contributed by atoms with Gasteiger partial charge in [-0.25, -0.2) is 14.6 Å². The molecule has 1 rings (SSSR count). The Hall–Kier alpha value is -1.96. The monoisotopic (exact) mass is 300 g/mol. The topological polar surface area (TPSA) is 94.6 Å². The summed E-state index contributed by atoms with van der Waals surface area (Å²) in [6.07, 6.45) is -0.679. The molecule has 0 atom stereocenters. The molecule has 0 aliphatic carbocycles. The average molecular weight is 300 g/mol. The van der Waals surface area contributed by atoms with Crippen LogP contribution in [0.4, 0.5) is 9.93 Å². The highest BCUT2D eigenvalue weighted by atomic mass is 32.1. The van der Waals surface area contributed by atoms with Gasteiger partial charge in [0, 0.05) is 5.38 Å². The number of thiazole rings is 1. The number of hydrogen-bond acceptors (Lipinski definition) is 7. The van der Waals surface area contributed by atoms with Crippen molar-refractivity contribution < 1.29 is 23.9 Å². The van der Waals surface area contributed by atoms with Crippen LogP contribution in [0, 0.1) is 0 Å². The SMILES string of the molecule is CCOC(=O)C(=O)c1csc(NC(=O)OC(C)(C)C)n1. The van der Waals surface area contributed by atoms with Crippen molar-refractivity contribution >= 4 is 34.3 Å². The summed E-state index contributed by atoms with van der Waals surface area (Å²) >= 11 is 1.02. The lowest BCUT2D eigenvalue weighted by Crippen LogP contribution is -2.27. The lowest BCUT2D eigenvalue weighted by Gasteiger charge is -2.18. The molecule has 110 valence electrons. The number of hydrogen-bond donors (Lipinski definition) is 1. The standard InChI is InChI=1S/C12H16N2O5S/c1-5-18-9(16)8(15)7-6-20-10(13-7)14-11(17)19-12(2,3)4/h6H,5H2,1-4H3,(H,13,14,17). The van der Waals surface area contributed by atoms with Gasteiger partial charge in [0.25, 0.3) is 5.78 Å². The second-order valence-electron chi connectivity index (χ2n) is 4.71. The first kappa shape index (κ1) is 16.1. The van der Waals surface area contributed by atoms with Crippen LogP contribution in [-0.2, 0) is 14.3 Å². The maximum Gasteiger partial charge on any atom is 0.413 e. The Balaban J connectivity index is 2.66. The van der Waals surface area contributed by atoms with Crippen LogP contribution in [0.5, 0.6) is 0 Å². The Kier molecular flexibility index (Phi) is 5.20. The molecule has 20 heavy (non-hydrogen) atoms. The lowest BCUT2D eigenvalue weighted by atomic mass is 10.2. The Morgan fingerprint density at radius 3 is 2.55 bits per heavy atom. The largest absolute Gasteiger partial charge is 0.460 e. The first-order chi connectivity index (χ1) is 9.23. The van der Waals surface area contributed by atoms with Gasteiger partial charge in [-0.2, -0.15) is 0 Å². The van der Waals surface area contributed by atoms with Crippen molar-refractivity contribution in [3.8, 4) is 0 Å². The third-order valence-corrected chi connectivity index (χ3v) is 2.56. The van der Waals surface area contributed by atoms with E-state index < -0.39 is 23.4 Å². The number of rotatable bonds is 4. The van der Waals surface area contributed by atoms with Crippen LogP contribution in [0.1, 0.15) is 38.2 Å². The van der Waals surface area contributed by atoms with Crippen LogP contribution >= 0.6 is 11.3 Å². The van der Waals surface area contributed by atoms with E-state index in [1.54, 1.807) is 27.7 Å². The maximum absolute atomic E-state index is 11.6. The van der Waals surface area contributed by atoms with Crippen LogP contribution < -0.4 is 5.32 Å². The van der Waals surface area contributed by atoms with Gasteiger partial charge in [-0.05, 0) is 27.7 Å². The second kappa shape index (κ2) is 6.47. The van der Waals surface area contributed by atoms with Crippen molar-refractivity contribution in [1.29, 1.82) is 0 Å². The molecule has 0 aromatic carbocycles. The number of esters is 1. The fourth-order valence-electron chi connectivity index (χ4n) is 1.13. The number of anilines is 1. The summed E-state index contributed by atoms with van der Waals surface area (Å²) in [4.78, 5) is 38.2. The molecule has 0 spiro atoms. The van der Waals surface area contributed by atoms with Crippen molar-refractivity contribution in [1.82, 2.24) is 4.98 Å².